The summed E-state index contributed by atoms with van der Waals surface area (Å²) in [5, 5.41) is 0. The first-order valence-corrected chi connectivity index (χ1v) is 7.08. The first-order valence-electron chi connectivity index (χ1n) is 7.08. The Bertz CT molecular complexity index is 172. The number of methoxy groups -OCH3 is 1. The lowest BCUT2D eigenvalue weighted by Gasteiger charge is -2.02. The molecule has 0 saturated heterocycles. The molecule has 17 heavy (non-hydrogen) atoms. The molecule has 0 fully saturated rings. The third-order valence-corrected chi connectivity index (χ3v) is 3.06. The Morgan fingerprint density at radius 1 is 0.824 bits per heavy atom. The van der Waals surface area contributed by atoms with E-state index in [2.05, 4.69) is 4.74 Å². The lowest BCUT2D eigenvalue weighted by atomic mass is 10.1. The van der Waals surface area contributed by atoms with Gasteiger partial charge in [0.2, 0.25) is 0 Å². The monoisotopic (exact) mass is 243 g/mol. The van der Waals surface area contributed by atoms with E-state index in [-0.39, 0.29) is 5.97 Å². The van der Waals surface area contributed by atoms with E-state index in [0.29, 0.717) is 6.42 Å². The normalized spacial score (nSPS) is 10.5. The quantitative estimate of drug-likeness (QED) is 0.422. The van der Waals surface area contributed by atoms with Gasteiger partial charge in [-0.3, -0.25) is 4.79 Å². The number of nitrogens with two attached hydrogens (primary N) is 1. The Kier molecular flexibility index (Phi) is 13.0. The molecular weight excluding hydrogens is 214 g/mol. The minimum absolute atomic E-state index is 0.0788. The highest BCUT2D eigenvalue weighted by Gasteiger charge is 1.98. The van der Waals surface area contributed by atoms with Crippen molar-refractivity contribution in [2.24, 2.45) is 5.73 Å². The van der Waals surface area contributed by atoms with Crippen LogP contribution in [0.25, 0.3) is 0 Å². The molecule has 0 atom stereocenters. The van der Waals surface area contributed by atoms with Crippen molar-refractivity contribution in [2.45, 2.75) is 70.6 Å². The molecule has 0 rings (SSSR count). The van der Waals surface area contributed by atoms with Gasteiger partial charge in [0.25, 0.3) is 0 Å². The topological polar surface area (TPSA) is 52.3 Å². The van der Waals surface area contributed by atoms with E-state index < -0.39 is 0 Å². The van der Waals surface area contributed by atoms with Crippen LogP contribution in [-0.4, -0.2) is 19.6 Å². The fraction of sp³-hybridized carbons (Fsp3) is 0.929. The van der Waals surface area contributed by atoms with Gasteiger partial charge in [-0.05, 0) is 19.4 Å². The maximum absolute atomic E-state index is 10.8. The third kappa shape index (κ3) is 13.4. The molecule has 0 amide bonds. The van der Waals surface area contributed by atoms with E-state index in [4.69, 9.17) is 5.73 Å². The van der Waals surface area contributed by atoms with Crippen LogP contribution in [0.2, 0.25) is 0 Å². The van der Waals surface area contributed by atoms with Crippen LogP contribution in [0.3, 0.4) is 0 Å². The molecule has 0 spiro atoms. The van der Waals surface area contributed by atoms with E-state index >= 15 is 0 Å². The lowest BCUT2D eigenvalue weighted by molar-refractivity contribution is -0.140. The fourth-order valence-corrected chi connectivity index (χ4v) is 1.93. The summed E-state index contributed by atoms with van der Waals surface area (Å²) in [5.41, 5.74) is 5.44. The Morgan fingerprint density at radius 2 is 1.24 bits per heavy atom. The van der Waals surface area contributed by atoms with Crippen LogP contribution in [-0.2, 0) is 9.53 Å². The van der Waals surface area contributed by atoms with Gasteiger partial charge in [-0.25, -0.2) is 0 Å². The van der Waals surface area contributed by atoms with Crippen LogP contribution in [0.4, 0.5) is 0 Å². The molecule has 102 valence electrons. The zero-order valence-corrected chi connectivity index (χ0v) is 11.4. The van der Waals surface area contributed by atoms with Crippen molar-refractivity contribution < 1.29 is 9.53 Å². The number of hydrogen-bond donors (Lipinski definition) is 1. The van der Waals surface area contributed by atoms with Crippen molar-refractivity contribution in [3.63, 3.8) is 0 Å². The van der Waals surface area contributed by atoms with Crippen LogP contribution in [0, 0.1) is 0 Å². The van der Waals surface area contributed by atoms with Crippen LogP contribution < -0.4 is 5.73 Å². The number of unbranched alkanes of at least 4 members (excludes halogenated alkanes) is 9. The average molecular weight is 243 g/mol. The zero-order chi connectivity index (χ0) is 12.8. The number of rotatable bonds is 12. The summed E-state index contributed by atoms with van der Waals surface area (Å²) >= 11 is 0. The molecular formula is C14H29NO2. The van der Waals surface area contributed by atoms with E-state index in [1.165, 1.54) is 58.5 Å². The second-order valence-electron chi connectivity index (χ2n) is 4.65. The Morgan fingerprint density at radius 3 is 1.65 bits per heavy atom. The van der Waals surface area contributed by atoms with Gasteiger partial charge in [0.15, 0.2) is 0 Å². The first kappa shape index (κ1) is 16.4. The van der Waals surface area contributed by atoms with Crippen molar-refractivity contribution in [1.82, 2.24) is 0 Å². The molecule has 0 aliphatic heterocycles. The highest BCUT2D eigenvalue weighted by Crippen LogP contribution is 2.11. The van der Waals surface area contributed by atoms with Gasteiger partial charge in [-0.1, -0.05) is 51.4 Å². The van der Waals surface area contributed by atoms with Gasteiger partial charge in [0.1, 0.15) is 0 Å². The molecule has 2 N–H and O–H groups in total. The predicted molar refractivity (Wildman–Crippen MR) is 71.9 cm³/mol. The van der Waals surface area contributed by atoms with Crippen molar-refractivity contribution in [3.05, 3.63) is 0 Å². The van der Waals surface area contributed by atoms with Crippen molar-refractivity contribution in [3.8, 4) is 0 Å². The highest BCUT2D eigenvalue weighted by molar-refractivity contribution is 5.68. The molecule has 0 aliphatic carbocycles. The number of carbonyl (C=O) groups excluding carboxylic acids is 1. The van der Waals surface area contributed by atoms with Crippen molar-refractivity contribution in [1.29, 1.82) is 0 Å². The summed E-state index contributed by atoms with van der Waals surface area (Å²) in [4.78, 5) is 10.8. The Labute approximate surface area is 106 Å². The van der Waals surface area contributed by atoms with Crippen molar-refractivity contribution in [2.75, 3.05) is 13.7 Å². The minimum Gasteiger partial charge on any atom is -0.469 e. The van der Waals surface area contributed by atoms with Crippen LogP contribution in [0.5, 0.6) is 0 Å². The summed E-state index contributed by atoms with van der Waals surface area (Å²) < 4.78 is 4.59. The highest BCUT2D eigenvalue weighted by atomic mass is 16.5. The molecule has 0 unspecified atom stereocenters. The molecule has 0 saturated carbocycles. The van der Waals surface area contributed by atoms with E-state index in [1.807, 2.05) is 0 Å². The molecule has 0 aliphatic rings. The molecule has 0 aromatic rings. The van der Waals surface area contributed by atoms with Gasteiger partial charge < -0.3 is 10.5 Å². The molecule has 0 aromatic carbocycles. The molecule has 3 heteroatoms. The van der Waals surface area contributed by atoms with Gasteiger partial charge >= 0.3 is 5.97 Å². The zero-order valence-electron chi connectivity index (χ0n) is 11.4. The summed E-state index contributed by atoms with van der Waals surface area (Å²) in [6, 6.07) is 0. The average Bonchev–Trinajstić information content (AvgIpc) is 2.35. The number of esters is 1. The van der Waals surface area contributed by atoms with Crippen molar-refractivity contribution >= 4 is 5.97 Å². The Hall–Kier alpha value is -0.570. The third-order valence-electron chi connectivity index (χ3n) is 3.06. The van der Waals surface area contributed by atoms with E-state index in [9.17, 15) is 4.79 Å². The van der Waals surface area contributed by atoms with Crippen LogP contribution >= 0.6 is 0 Å². The SMILES string of the molecule is COC(=O)CCCCCCCCCCCCN. The standard InChI is InChI=1S/C14H29NO2/c1-17-14(16)12-10-8-6-4-2-3-5-7-9-11-13-15/h2-13,15H2,1H3. The first-order chi connectivity index (χ1) is 8.31. The molecule has 0 radical (unpaired) electrons. The molecule has 0 heterocycles. The van der Waals surface area contributed by atoms with Crippen LogP contribution in [0.15, 0.2) is 0 Å². The number of carbonyl (C=O) groups is 1. The smallest absolute Gasteiger partial charge is 0.305 e. The van der Waals surface area contributed by atoms with Gasteiger partial charge in [0, 0.05) is 6.42 Å². The van der Waals surface area contributed by atoms with Crippen LogP contribution in [0.1, 0.15) is 70.6 Å². The second kappa shape index (κ2) is 13.5. The minimum atomic E-state index is -0.0788. The number of hydrogen-bond acceptors (Lipinski definition) is 3. The largest absolute Gasteiger partial charge is 0.469 e. The summed E-state index contributed by atoms with van der Waals surface area (Å²) in [6.45, 7) is 0.834. The summed E-state index contributed by atoms with van der Waals surface area (Å²) in [5.74, 6) is -0.0788. The molecule has 0 aromatic heterocycles. The summed E-state index contributed by atoms with van der Waals surface area (Å²) in [7, 11) is 1.45. The van der Waals surface area contributed by atoms with Gasteiger partial charge in [0.05, 0.1) is 7.11 Å². The second-order valence-corrected chi connectivity index (χ2v) is 4.65. The predicted octanol–water partition coefficient (Wildman–Crippen LogP) is 3.41. The molecule has 0 bridgehead atoms. The van der Waals surface area contributed by atoms with Gasteiger partial charge in [-0.2, -0.15) is 0 Å². The lowest BCUT2D eigenvalue weighted by Crippen LogP contribution is -1.99. The fourth-order valence-electron chi connectivity index (χ4n) is 1.93. The Balaban J connectivity index is 2.96. The maximum Gasteiger partial charge on any atom is 0.305 e. The number of ether oxygens (including phenoxy) is 1. The summed E-state index contributed by atoms with van der Waals surface area (Å²) in [6.07, 6.45) is 13.1. The van der Waals surface area contributed by atoms with E-state index in [1.54, 1.807) is 0 Å². The maximum atomic E-state index is 10.8. The molecule has 3 nitrogen and oxygen atoms in total. The van der Waals surface area contributed by atoms with E-state index in [0.717, 1.165) is 19.4 Å². The van der Waals surface area contributed by atoms with Gasteiger partial charge in [-0.15, -0.1) is 0 Å².